The van der Waals surface area contributed by atoms with Gasteiger partial charge in [0.1, 0.15) is 0 Å². The van der Waals surface area contributed by atoms with Crippen molar-refractivity contribution in [3.63, 3.8) is 0 Å². The lowest BCUT2D eigenvalue weighted by atomic mass is 10.3. The Balaban J connectivity index is 1.89. The van der Waals surface area contributed by atoms with Crippen LogP contribution in [0.5, 0.6) is 0 Å². The zero-order chi connectivity index (χ0) is 10.4. The van der Waals surface area contributed by atoms with Crippen LogP contribution in [0, 0.1) is 0 Å². The maximum Gasteiger partial charge on any atom is 0.221 e. The second-order valence-corrected chi connectivity index (χ2v) is 3.63. The van der Waals surface area contributed by atoms with Crippen molar-refractivity contribution in [2.75, 3.05) is 19.7 Å². The van der Waals surface area contributed by atoms with E-state index in [4.69, 9.17) is 10.2 Å². The first-order valence-electron chi connectivity index (χ1n) is 5.01. The maximum absolute atomic E-state index is 11.1. The molecule has 0 spiro atoms. The summed E-state index contributed by atoms with van der Waals surface area (Å²) in [5, 5.41) is 23.2. The van der Waals surface area contributed by atoms with Crippen molar-refractivity contribution in [2.24, 2.45) is 0 Å². The Kier molecular flexibility index (Phi) is 4.86. The lowest BCUT2D eigenvalue weighted by molar-refractivity contribution is -0.121. The predicted octanol–water partition coefficient (Wildman–Crippen LogP) is -1.40. The Bertz CT molecular complexity index is 183. The molecule has 1 aliphatic carbocycles. The number of hydrogen-bond acceptors (Lipinski definition) is 4. The number of rotatable bonds is 7. The van der Waals surface area contributed by atoms with Gasteiger partial charge >= 0.3 is 0 Å². The molecule has 1 saturated carbocycles. The molecule has 1 amide bonds. The molecule has 5 nitrogen and oxygen atoms in total. The third-order valence-corrected chi connectivity index (χ3v) is 2.06. The molecule has 0 aliphatic heterocycles. The van der Waals surface area contributed by atoms with Crippen LogP contribution in [0.25, 0.3) is 0 Å². The van der Waals surface area contributed by atoms with E-state index in [2.05, 4.69) is 10.6 Å². The van der Waals surface area contributed by atoms with Crippen molar-refractivity contribution in [1.82, 2.24) is 10.6 Å². The van der Waals surface area contributed by atoms with Crippen LogP contribution in [-0.2, 0) is 4.79 Å². The standard InChI is InChI=1S/C9H18N2O3/c12-6-8(13)5-10-4-3-9(14)11-7-1-2-7/h7-8,10,12-13H,1-6H2,(H,11,14)/t8-/m0/s1. The third-order valence-electron chi connectivity index (χ3n) is 2.06. The van der Waals surface area contributed by atoms with Crippen molar-refractivity contribution >= 4 is 5.91 Å². The highest BCUT2D eigenvalue weighted by Crippen LogP contribution is 2.18. The number of carbonyl (C=O) groups excluding carboxylic acids is 1. The lowest BCUT2D eigenvalue weighted by Gasteiger charge is -2.08. The van der Waals surface area contributed by atoms with Crippen LogP contribution in [0.4, 0.5) is 0 Å². The van der Waals surface area contributed by atoms with Crippen LogP contribution in [0.15, 0.2) is 0 Å². The van der Waals surface area contributed by atoms with Crippen LogP contribution in [0.3, 0.4) is 0 Å². The summed E-state index contributed by atoms with van der Waals surface area (Å²) >= 11 is 0. The molecule has 0 radical (unpaired) electrons. The molecule has 1 atom stereocenters. The second-order valence-electron chi connectivity index (χ2n) is 3.63. The summed E-state index contributed by atoms with van der Waals surface area (Å²) < 4.78 is 0. The van der Waals surface area contributed by atoms with E-state index in [-0.39, 0.29) is 12.5 Å². The molecule has 1 fully saturated rings. The third kappa shape index (κ3) is 5.16. The quantitative estimate of drug-likeness (QED) is 0.383. The van der Waals surface area contributed by atoms with Gasteiger partial charge in [-0.2, -0.15) is 0 Å². The summed E-state index contributed by atoms with van der Waals surface area (Å²) in [6, 6.07) is 0.408. The van der Waals surface area contributed by atoms with E-state index in [1.54, 1.807) is 0 Å². The summed E-state index contributed by atoms with van der Waals surface area (Å²) in [7, 11) is 0. The first-order chi connectivity index (χ1) is 6.72. The topological polar surface area (TPSA) is 81.6 Å². The van der Waals surface area contributed by atoms with E-state index in [1.165, 1.54) is 0 Å². The zero-order valence-electron chi connectivity index (χ0n) is 8.20. The Morgan fingerprint density at radius 2 is 2.21 bits per heavy atom. The molecule has 0 aromatic carbocycles. The summed E-state index contributed by atoms with van der Waals surface area (Å²) in [5.74, 6) is 0.0542. The molecule has 0 unspecified atom stereocenters. The average Bonchev–Trinajstić information content (AvgIpc) is 2.95. The minimum absolute atomic E-state index is 0.0542. The molecule has 4 N–H and O–H groups in total. The van der Waals surface area contributed by atoms with Crippen LogP contribution >= 0.6 is 0 Å². The number of aliphatic hydroxyl groups is 2. The molecule has 0 heterocycles. The zero-order valence-corrected chi connectivity index (χ0v) is 8.20. The molecule has 82 valence electrons. The maximum atomic E-state index is 11.1. The molecule has 0 saturated heterocycles. The number of hydrogen-bond donors (Lipinski definition) is 4. The first-order valence-corrected chi connectivity index (χ1v) is 5.01. The first kappa shape index (κ1) is 11.4. The number of nitrogens with one attached hydrogen (secondary N) is 2. The Morgan fingerprint density at radius 3 is 2.79 bits per heavy atom. The van der Waals surface area contributed by atoms with E-state index in [1.807, 2.05) is 0 Å². The van der Waals surface area contributed by atoms with Crippen molar-refractivity contribution < 1.29 is 15.0 Å². The highest BCUT2D eigenvalue weighted by atomic mass is 16.3. The van der Waals surface area contributed by atoms with Crippen molar-refractivity contribution in [1.29, 1.82) is 0 Å². The number of aliphatic hydroxyl groups excluding tert-OH is 2. The minimum Gasteiger partial charge on any atom is -0.394 e. The van der Waals surface area contributed by atoms with Crippen LogP contribution in [0.1, 0.15) is 19.3 Å². The molecular formula is C9H18N2O3. The molecule has 14 heavy (non-hydrogen) atoms. The summed E-state index contributed by atoms with van der Waals surface area (Å²) in [6.07, 6.45) is 1.89. The molecule has 0 aromatic rings. The molecule has 0 bridgehead atoms. The van der Waals surface area contributed by atoms with E-state index in [9.17, 15) is 4.79 Å². The van der Waals surface area contributed by atoms with E-state index in [0.717, 1.165) is 12.8 Å². The highest BCUT2D eigenvalue weighted by molar-refractivity contribution is 5.76. The molecule has 5 heteroatoms. The van der Waals surface area contributed by atoms with Gasteiger partial charge in [0.25, 0.3) is 0 Å². The molecule has 1 rings (SSSR count). The van der Waals surface area contributed by atoms with E-state index >= 15 is 0 Å². The number of carbonyl (C=O) groups is 1. The fraction of sp³-hybridized carbons (Fsp3) is 0.889. The fourth-order valence-electron chi connectivity index (χ4n) is 1.06. The molecule has 0 aromatic heterocycles. The van der Waals surface area contributed by atoms with E-state index in [0.29, 0.717) is 25.6 Å². The summed E-state index contributed by atoms with van der Waals surface area (Å²) in [4.78, 5) is 11.1. The fourth-order valence-corrected chi connectivity index (χ4v) is 1.06. The van der Waals surface area contributed by atoms with Crippen molar-refractivity contribution in [2.45, 2.75) is 31.4 Å². The Labute approximate surface area is 83.5 Å². The minimum atomic E-state index is -0.735. The smallest absolute Gasteiger partial charge is 0.221 e. The van der Waals surface area contributed by atoms with Gasteiger partial charge in [-0.1, -0.05) is 0 Å². The van der Waals surface area contributed by atoms with Crippen LogP contribution < -0.4 is 10.6 Å². The second kappa shape index (κ2) is 5.95. The van der Waals surface area contributed by atoms with Gasteiger partial charge in [0.05, 0.1) is 12.7 Å². The lowest BCUT2D eigenvalue weighted by Crippen LogP contribution is -2.33. The van der Waals surface area contributed by atoms with Gasteiger partial charge in [-0.3, -0.25) is 4.79 Å². The van der Waals surface area contributed by atoms with Gasteiger partial charge in [0, 0.05) is 25.6 Å². The van der Waals surface area contributed by atoms with E-state index < -0.39 is 6.10 Å². The monoisotopic (exact) mass is 202 g/mol. The highest BCUT2D eigenvalue weighted by Gasteiger charge is 2.22. The van der Waals surface area contributed by atoms with Gasteiger partial charge in [-0.15, -0.1) is 0 Å². The number of amides is 1. The SMILES string of the molecule is O=C(CCNC[C@H](O)CO)NC1CC1. The normalized spacial score (nSPS) is 17.9. The van der Waals surface area contributed by atoms with Gasteiger partial charge in [-0.25, -0.2) is 0 Å². The van der Waals surface area contributed by atoms with Crippen LogP contribution in [0.2, 0.25) is 0 Å². The van der Waals surface area contributed by atoms with Gasteiger partial charge in [0.15, 0.2) is 0 Å². The average molecular weight is 202 g/mol. The summed E-state index contributed by atoms with van der Waals surface area (Å²) in [6.45, 7) is 0.615. The van der Waals surface area contributed by atoms with Crippen LogP contribution in [-0.4, -0.2) is 48.0 Å². The Hall–Kier alpha value is -0.650. The van der Waals surface area contributed by atoms with Crippen molar-refractivity contribution in [3.8, 4) is 0 Å². The van der Waals surface area contributed by atoms with Gasteiger partial charge in [0.2, 0.25) is 5.91 Å². The molecule has 1 aliphatic rings. The van der Waals surface area contributed by atoms with Gasteiger partial charge in [-0.05, 0) is 12.8 Å². The largest absolute Gasteiger partial charge is 0.394 e. The predicted molar refractivity (Wildman–Crippen MR) is 51.7 cm³/mol. The van der Waals surface area contributed by atoms with Gasteiger partial charge < -0.3 is 20.8 Å². The molecular weight excluding hydrogens is 184 g/mol. The summed E-state index contributed by atoms with van der Waals surface area (Å²) in [5.41, 5.74) is 0. The van der Waals surface area contributed by atoms with Crippen molar-refractivity contribution in [3.05, 3.63) is 0 Å². The Morgan fingerprint density at radius 1 is 1.50 bits per heavy atom.